The van der Waals surface area contributed by atoms with Crippen molar-refractivity contribution in [2.24, 2.45) is 0 Å². The lowest BCUT2D eigenvalue weighted by Crippen LogP contribution is -2.49. The average Bonchev–Trinajstić information content (AvgIpc) is 3.62. The Hall–Kier alpha value is -2.75. The number of benzene rings is 2. The Balaban J connectivity index is 1.33. The van der Waals surface area contributed by atoms with E-state index in [2.05, 4.69) is 26.9 Å². The third-order valence-electron chi connectivity index (χ3n) is 7.21. The number of hydrogen-bond acceptors (Lipinski definition) is 5. The normalized spacial score (nSPS) is 17.3. The number of fused-ring (bicyclic) bond motifs is 1. The van der Waals surface area contributed by atoms with Gasteiger partial charge in [0, 0.05) is 34.5 Å². The quantitative estimate of drug-likeness (QED) is 0.331. The molecule has 2 aliphatic heterocycles. The third-order valence-corrected chi connectivity index (χ3v) is 8.70. The average molecular weight is 601 g/mol. The fraction of sp³-hybridized carbons (Fsp3) is 0.379. The van der Waals surface area contributed by atoms with Crippen molar-refractivity contribution in [3.05, 3.63) is 86.3 Å². The van der Waals surface area contributed by atoms with Crippen LogP contribution in [-0.2, 0) is 11.2 Å². The van der Waals surface area contributed by atoms with Crippen molar-refractivity contribution in [2.75, 3.05) is 45.9 Å². The van der Waals surface area contributed by atoms with Crippen LogP contribution in [0.15, 0.2) is 64.5 Å². The Morgan fingerprint density at radius 1 is 1.08 bits per heavy atom. The molecule has 6 nitrogen and oxygen atoms in total. The molecule has 5 rings (SSSR count). The highest BCUT2D eigenvalue weighted by Crippen LogP contribution is 2.34. The summed E-state index contributed by atoms with van der Waals surface area (Å²) in [4.78, 5) is 34.5. The molecule has 1 fully saturated rings. The summed E-state index contributed by atoms with van der Waals surface area (Å²) in [5.41, 5.74) is 1.64. The molecule has 0 spiro atoms. The lowest BCUT2D eigenvalue weighted by Gasteiger charge is -2.37. The molecule has 1 atom stereocenters. The molecule has 0 N–H and O–H groups in total. The zero-order valence-corrected chi connectivity index (χ0v) is 23.6. The van der Waals surface area contributed by atoms with Crippen molar-refractivity contribution in [2.45, 2.75) is 25.3 Å². The van der Waals surface area contributed by atoms with Crippen LogP contribution in [0.1, 0.15) is 39.7 Å². The molecule has 1 aromatic heterocycles. The van der Waals surface area contributed by atoms with E-state index >= 15 is 0 Å². The standard InChI is InChI=1S/C29H31BrFN3O3S/c30-22-5-3-4-21(18-22)29(36)33(16-15-32-12-1-2-13-32)19-28(35)34-14-10-27-25(11-17-38-27)26(34)20-37-24-8-6-23(31)7-9-24/h3-9,11,17-18,26H,1-2,10,12-16,19-20H2. The second-order valence-corrected chi connectivity index (χ2v) is 11.6. The topological polar surface area (TPSA) is 53.1 Å². The minimum atomic E-state index is -0.323. The number of ether oxygens (including phenoxy) is 1. The van der Waals surface area contributed by atoms with E-state index in [1.165, 1.54) is 29.9 Å². The van der Waals surface area contributed by atoms with E-state index in [9.17, 15) is 14.0 Å². The first-order valence-corrected chi connectivity index (χ1v) is 14.7. The summed E-state index contributed by atoms with van der Waals surface area (Å²) in [6.45, 7) is 4.13. The molecule has 2 amide bonds. The minimum Gasteiger partial charge on any atom is -0.491 e. The number of thiophene rings is 1. The van der Waals surface area contributed by atoms with Gasteiger partial charge in [0.2, 0.25) is 5.91 Å². The maximum Gasteiger partial charge on any atom is 0.254 e. The molecule has 2 aliphatic rings. The minimum absolute atomic E-state index is 0.00566. The molecule has 3 heterocycles. The van der Waals surface area contributed by atoms with Crippen molar-refractivity contribution in [3.8, 4) is 5.75 Å². The van der Waals surface area contributed by atoms with E-state index < -0.39 is 0 Å². The van der Waals surface area contributed by atoms with E-state index in [-0.39, 0.29) is 36.8 Å². The van der Waals surface area contributed by atoms with Crippen LogP contribution in [0.2, 0.25) is 0 Å². The van der Waals surface area contributed by atoms with Gasteiger partial charge in [-0.05, 0) is 91.8 Å². The molecule has 200 valence electrons. The molecule has 1 saturated heterocycles. The van der Waals surface area contributed by atoms with Crippen LogP contribution in [0, 0.1) is 5.82 Å². The van der Waals surface area contributed by atoms with Crippen molar-refractivity contribution in [3.63, 3.8) is 0 Å². The summed E-state index contributed by atoms with van der Waals surface area (Å²) < 4.78 is 20.2. The van der Waals surface area contributed by atoms with Crippen LogP contribution in [0.5, 0.6) is 5.75 Å². The SMILES string of the molecule is O=C(c1cccc(Br)c1)N(CCN1CCCC1)CC(=O)N1CCc2sccc2C1COc1ccc(F)cc1. The molecule has 3 aromatic rings. The number of hydrogen-bond donors (Lipinski definition) is 0. The fourth-order valence-corrected chi connectivity index (χ4v) is 6.49. The van der Waals surface area contributed by atoms with Gasteiger partial charge in [0.05, 0.1) is 6.04 Å². The van der Waals surface area contributed by atoms with Crippen LogP contribution < -0.4 is 4.74 Å². The molecule has 2 aromatic carbocycles. The lowest BCUT2D eigenvalue weighted by molar-refractivity contribution is -0.135. The maximum atomic E-state index is 13.8. The van der Waals surface area contributed by atoms with Gasteiger partial charge in [-0.2, -0.15) is 0 Å². The first kappa shape index (κ1) is 26.8. The van der Waals surface area contributed by atoms with Crippen LogP contribution in [-0.4, -0.2) is 72.4 Å². The summed E-state index contributed by atoms with van der Waals surface area (Å²) in [6.07, 6.45) is 3.12. The van der Waals surface area contributed by atoms with Crippen molar-refractivity contribution < 1.29 is 18.7 Å². The van der Waals surface area contributed by atoms with Gasteiger partial charge < -0.3 is 19.4 Å². The predicted molar refractivity (Wildman–Crippen MR) is 150 cm³/mol. The monoisotopic (exact) mass is 599 g/mol. The molecule has 0 saturated carbocycles. The predicted octanol–water partition coefficient (Wildman–Crippen LogP) is 5.39. The van der Waals surface area contributed by atoms with Gasteiger partial charge in [-0.3, -0.25) is 9.59 Å². The largest absolute Gasteiger partial charge is 0.491 e. The summed E-state index contributed by atoms with van der Waals surface area (Å²) >= 11 is 5.15. The number of nitrogens with zero attached hydrogens (tertiary/aromatic N) is 3. The van der Waals surface area contributed by atoms with Gasteiger partial charge in [-0.1, -0.05) is 22.0 Å². The maximum absolute atomic E-state index is 13.8. The van der Waals surface area contributed by atoms with Crippen LogP contribution in [0.3, 0.4) is 0 Å². The van der Waals surface area contributed by atoms with E-state index in [0.29, 0.717) is 24.4 Å². The van der Waals surface area contributed by atoms with Crippen molar-refractivity contribution in [1.29, 1.82) is 0 Å². The number of carbonyl (C=O) groups is 2. The molecule has 0 radical (unpaired) electrons. The van der Waals surface area contributed by atoms with Gasteiger partial charge in [-0.15, -0.1) is 11.3 Å². The van der Waals surface area contributed by atoms with E-state index in [0.717, 1.165) is 36.1 Å². The van der Waals surface area contributed by atoms with Crippen LogP contribution in [0.4, 0.5) is 4.39 Å². The third kappa shape index (κ3) is 6.45. The van der Waals surface area contributed by atoms with Crippen molar-refractivity contribution in [1.82, 2.24) is 14.7 Å². The lowest BCUT2D eigenvalue weighted by atomic mass is 10.0. The smallest absolute Gasteiger partial charge is 0.254 e. The number of carbonyl (C=O) groups excluding carboxylic acids is 2. The molecule has 0 bridgehead atoms. The molecular weight excluding hydrogens is 569 g/mol. The highest BCUT2D eigenvalue weighted by Gasteiger charge is 2.34. The second-order valence-electron chi connectivity index (χ2n) is 9.70. The van der Waals surface area contributed by atoms with Gasteiger partial charge in [0.25, 0.3) is 5.91 Å². The zero-order chi connectivity index (χ0) is 26.5. The summed E-state index contributed by atoms with van der Waals surface area (Å²) in [5, 5.41) is 2.04. The zero-order valence-electron chi connectivity index (χ0n) is 21.2. The van der Waals surface area contributed by atoms with Crippen LogP contribution in [0.25, 0.3) is 0 Å². The molecule has 9 heteroatoms. The van der Waals surface area contributed by atoms with Gasteiger partial charge in [0.1, 0.15) is 24.7 Å². The second kappa shape index (κ2) is 12.4. The summed E-state index contributed by atoms with van der Waals surface area (Å²) in [6, 6.07) is 15.0. The highest BCUT2D eigenvalue weighted by molar-refractivity contribution is 9.10. The van der Waals surface area contributed by atoms with E-state index in [1.54, 1.807) is 40.5 Å². The molecule has 1 unspecified atom stereocenters. The van der Waals surface area contributed by atoms with Gasteiger partial charge >= 0.3 is 0 Å². The summed E-state index contributed by atoms with van der Waals surface area (Å²) in [5.74, 6) is -0.0141. The Morgan fingerprint density at radius 2 is 1.87 bits per heavy atom. The molecule has 0 aliphatic carbocycles. The summed E-state index contributed by atoms with van der Waals surface area (Å²) in [7, 11) is 0. The highest BCUT2D eigenvalue weighted by atomic mass is 79.9. The van der Waals surface area contributed by atoms with Gasteiger partial charge in [-0.25, -0.2) is 4.39 Å². The Kier molecular flexibility index (Phi) is 8.76. The number of rotatable bonds is 9. The van der Waals surface area contributed by atoms with Crippen LogP contribution >= 0.6 is 27.3 Å². The van der Waals surface area contributed by atoms with Crippen molar-refractivity contribution >= 4 is 39.1 Å². The fourth-order valence-electron chi connectivity index (χ4n) is 5.16. The van der Waals surface area contributed by atoms with E-state index in [1.807, 2.05) is 22.4 Å². The Labute approximate surface area is 235 Å². The number of halogens is 2. The number of amides is 2. The number of likely N-dealkylation sites (tertiary alicyclic amines) is 1. The Morgan fingerprint density at radius 3 is 2.63 bits per heavy atom. The van der Waals surface area contributed by atoms with Gasteiger partial charge in [0.15, 0.2) is 0 Å². The molecule has 38 heavy (non-hydrogen) atoms. The first-order valence-electron chi connectivity index (χ1n) is 13.0. The van der Waals surface area contributed by atoms with E-state index in [4.69, 9.17) is 4.74 Å². The Bertz CT molecular complexity index is 1260. The first-order chi connectivity index (χ1) is 18.5. The molecular formula is C29H31BrFN3O3S.